The molecule has 0 aromatic heterocycles. The second-order valence-electron chi connectivity index (χ2n) is 9.72. The predicted molar refractivity (Wildman–Crippen MR) is 183 cm³/mol. The summed E-state index contributed by atoms with van der Waals surface area (Å²) in [5.74, 6) is 1.24. The van der Waals surface area contributed by atoms with Gasteiger partial charge in [0, 0.05) is 0 Å². The lowest BCUT2D eigenvalue weighted by Gasteiger charge is -2.16. The molecule has 0 radical (unpaired) electrons. The summed E-state index contributed by atoms with van der Waals surface area (Å²) in [5.41, 5.74) is 6.02. The highest BCUT2D eigenvalue weighted by Crippen LogP contribution is 2.40. The van der Waals surface area contributed by atoms with Crippen molar-refractivity contribution < 1.29 is 14.3 Å². The molecule has 214 valence electrons. The second-order valence-corrected chi connectivity index (χ2v) is 11.9. The van der Waals surface area contributed by atoms with Crippen LogP contribution in [0, 0.1) is 3.57 Å². The number of anilines is 1. The summed E-state index contributed by atoms with van der Waals surface area (Å²) in [5, 5.41) is 0.627. The van der Waals surface area contributed by atoms with E-state index in [-0.39, 0.29) is 5.91 Å². The minimum Gasteiger partial charge on any atom is -0.490 e. The van der Waals surface area contributed by atoms with Gasteiger partial charge in [-0.15, -0.1) is 0 Å². The van der Waals surface area contributed by atoms with Crippen molar-refractivity contribution in [1.82, 2.24) is 0 Å². The van der Waals surface area contributed by atoms with Crippen molar-refractivity contribution in [2.45, 2.75) is 40.2 Å². The molecule has 0 unspecified atom stereocenters. The average molecular weight is 689 g/mol. The van der Waals surface area contributed by atoms with Crippen molar-refractivity contribution in [3.63, 3.8) is 0 Å². The molecule has 0 N–H and O–H groups in total. The van der Waals surface area contributed by atoms with Gasteiger partial charge in [-0.25, -0.2) is 4.99 Å². The highest BCUT2D eigenvalue weighted by atomic mass is 127. The summed E-state index contributed by atoms with van der Waals surface area (Å²) in [7, 11) is 0. The van der Waals surface area contributed by atoms with Crippen LogP contribution < -0.4 is 14.4 Å². The topological polar surface area (TPSA) is 51.1 Å². The number of hydrogen-bond acceptors (Lipinski definition) is 5. The van der Waals surface area contributed by atoms with Crippen LogP contribution in [-0.2, 0) is 24.2 Å². The molecular weight excluding hydrogens is 655 g/mol. The van der Waals surface area contributed by atoms with Crippen LogP contribution in [0.15, 0.2) is 101 Å². The number of halogens is 1. The molecule has 42 heavy (non-hydrogen) atoms. The van der Waals surface area contributed by atoms with Crippen molar-refractivity contribution in [2.24, 2.45) is 4.99 Å². The van der Waals surface area contributed by atoms with E-state index in [0.29, 0.717) is 34.8 Å². The standard InChI is InChI=1S/C35H33IN2O3S/c1-4-24-12-16-28(17-13-24)37-35-38(29-18-14-25(5-2)15-19-29)34(39)32(42-35)22-27-20-30(36)33(31(21-27)40-6-3)41-23-26-10-8-7-9-11-26/h7-22H,4-6,23H2,1-3H3/b32-22-,37-35?. The molecule has 0 saturated carbocycles. The lowest BCUT2D eigenvalue weighted by atomic mass is 10.1. The fourth-order valence-electron chi connectivity index (χ4n) is 4.53. The third-order valence-electron chi connectivity index (χ3n) is 6.83. The molecule has 0 aliphatic carbocycles. The maximum atomic E-state index is 13.9. The Labute approximate surface area is 265 Å². The van der Waals surface area contributed by atoms with Crippen LogP contribution in [-0.4, -0.2) is 17.7 Å². The Morgan fingerprint density at radius 3 is 2.14 bits per heavy atom. The summed E-state index contributed by atoms with van der Waals surface area (Å²) in [6, 6.07) is 30.3. The molecule has 4 aromatic carbocycles. The van der Waals surface area contributed by atoms with Crippen LogP contribution >= 0.6 is 34.4 Å². The number of nitrogens with zero attached hydrogens (tertiary/aromatic N) is 2. The zero-order valence-electron chi connectivity index (χ0n) is 24.0. The highest BCUT2D eigenvalue weighted by molar-refractivity contribution is 14.1. The third kappa shape index (κ3) is 7.07. The summed E-state index contributed by atoms with van der Waals surface area (Å²) in [6.45, 7) is 7.14. The fraction of sp³-hybridized carbons (Fsp3) is 0.200. The number of amides is 1. The van der Waals surface area contributed by atoms with E-state index in [4.69, 9.17) is 14.5 Å². The van der Waals surface area contributed by atoms with E-state index in [9.17, 15) is 4.79 Å². The molecule has 1 fully saturated rings. The normalized spacial score (nSPS) is 15.0. The van der Waals surface area contributed by atoms with Crippen molar-refractivity contribution in [2.75, 3.05) is 11.5 Å². The smallest absolute Gasteiger partial charge is 0.271 e. The Hall–Kier alpha value is -3.56. The van der Waals surface area contributed by atoms with E-state index < -0.39 is 0 Å². The monoisotopic (exact) mass is 688 g/mol. The number of benzene rings is 4. The van der Waals surface area contributed by atoms with Crippen LogP contribution in [0.4, 0.5) is 11.4 Å². The third-order valence-corrected chi connectivity index (χ3v) is 8.60. The summed E-state index contributed by atoms with van der Waals surface area (Å²) >= 11 is 3.65. The van der Waals surface area contributed by atoms with Crippen LogP contribution in [0.25, 0.3) is 6.08 Å². The minimum atomic E-state index is -0.106. The van der Waals surface area contributed by atoms with Gasteiger partial charge in [0.05, 0.1) is 26.5 Å². The Bertz CT molecular complexity index is 1600. The van der Waals surface area contributed by atoms with Crippen molar-refractivity contribution in [3.8, 4) is 11.5 Å². The van der Waals surface area contributed by atoms with Gasteiger partial charge in [-0.05, 0) is 119 Å². The molecule has 0 bridgehead atoms. The Morgan fingerprint density at radius 1 is 0.833 bits per heavy atom. The second kappa shape index (κ2) is 14.1. The molecule has 1 aliphatic heterocycles. The van der Waals surface area contributed by atoms with Gasteiger partial charge in [-0.2, -0.15) is 0 Å². The first kappa shape index (κ1) is 29.9. The largest absolute Gasteiger partial charge is 0.490 e. The summed E-state index contributed by atoms with van der Waals surface area (Å²) in [4.78, 5) is 21.1. The van der Waals surface area contributed by atoms with Gasteiger partial charge in [0.2, 0.25) is 0 Å². The number of rotatable bonds is 10. The van der Waals surface area contributed by atoms with Gasteiger partial charge in [0.25, 0.3) is 5.91 Å². The summed E-state index contributed by atoms with van der Waals surface area (Å²) in [6.07, 6.45) is 3.81. The van der Waals surface area contributed by atoms with Crippen LogP contribution in [0.5, 0.6) is 11.5 Å². The average Bonchev–Trinajstić information content (AvgIpc) is 3.31. The highest BCUT2D eigenvalue weighted by Gasteiger charge is 2.35. The molecule has 1 amide bonds. The van der Waals surface area contributed by atoms with Gasteiger partial charge in [0.1, 0.15) is 6.61 Å². The molecular formula is C35H33IN2O3S. The molecule has 1 saturated heterocycles. The predicted octanol–water partition coefficient (Wildman–Crippen LogP) is 9.20. The van der Waals surface area contributed by atoms with Gasteiger partial charge in [-0.3, -0.25) is 9.69 Å². The molecule has 1 heterocycles. The number of amidine groups is 1. The zero-order valence-corrected chi connectivity index (χ0v) is 26.9. The first-order chi connectivity index (χ1) is 20.5. The molecule has 1 aliphatic rings. The lowest BCUT2D eigenvalue weighted by Crippen LogP contribution is -2.28. The first-order valence-corrected chi connectivity index (χ1v) is 16.0. The lowest BCUT2D eigenvalue weighted by molar-refractivity contribution is -0.113. The molecule has 0 atom stereocenters. The number of hydrogen-bond donors (Lipinski definition) is 0. The van der Waals surface area contributed by atoms with Crippen LogP contribution in [0.3, 0.4) is 0 Å². The van der Waals surface area contributed by atoms with Gasteiger partial charge >= 0.3 is 0 Å². The van der Waals surface area contributed by atoms with E-state index >= 15 is 0 Å². The maximum Gasteiger partial charge on any atom is 0.271 e. The summed E-state index contributed by atoms with van der Waals surface area (Å²) < 4.78 is 13.1. The van der Waals surface area contributed by atoms with E-state index in [1.807, 2.05) is 79.7 Å². The zero-order chi connectivity index (χ0) is 29.5. The Morgan fingerprint density at radius 2 is 1.50 bits per heavy atom. The van der Waals surface area contributed by atoms with Gasteiger partial charge < -0.3 is 9.47 Å². The number of ether oxygens (including phenoxy) is 2. The molecule has 7 heteroatoms. The minimum absolute atomic E-state index is 0.106. The van der Waals surface area contributed by atoms with E-state index in [1.165, 1.54) is 22.9 Å². The number of aliphatic imine (C=N–C) groups is 1. The quantitative estimate of drug-likeness (QED) is 0.123. The number of thioether (sulfide) groups is 1. The van der Waals surface area contributed by atoms with E-state index in [0.717, 1.165) is 38.9 Å². The molecule has 5 nitrogen and oxygen atoms in total. The van der Waals surface area contributed by atoms with Crippen molar-refractivity contribution in [3.05, 3.63) is 122 Å². The van der Waals surface area contributed by atoms with Crippen molar-refractivity contribution >= 4 is 62.9 Å². The van der Waals surface area contributed by atoms with Gasteiger partial charge in [0.15, 0.2) is 16.7 Å². The molecule has 4 aromatic rings. The van der Waals surface area contributed by atoms with Crippen LogP contribution in [0.1, 0.15) is 43.0 Å². The SMILES string of the molecule is CCOc1cc(/C=C2\SC(=Nc3ccc(CC)cc3)N(c3ccc(CC)cc3)C2=O)cc(I)c1OCc1ccccc1. The molecule has 5 rings (SSSR count). The maximum absolute atomic E-state index is 13.9. The number of aryl methyl sites for hydroxylation is 2. The number of carbonyl (C=O) groups is 1. The first-order valence-electron chi connectivity index (χ1n) is 14.1. The van der Waals surface area contributed by atoms with Gasteiger partial charge in [-0.1, -0.05) is 68.4 Å². The fourth-order valence-corrected chi connectivity index (χ4v) is 6.31. The van der Waals surface area contributed by atoms with E-state index in [2.05, 4.69) is 60.7 Å². The number of carbonyl (C=O) groups excluding carboxylic acids is 1. The Kier molecular flexibility index (Phi) is 10.0. The van der Waals surface area contributed by atoms with Crippen molar-refractivity contribution in [1.29, 1.82) is 0 Å². The van der Waals surface area contributed by atoms with Crippen LogP contribution in [0.2, 0.25) is 0 Å². The van der Waals surface area contributed by atoms with E-state index in [1.54, 1.807) is 4.90 Å². The molecule has 0 spiro atoms. The Balaban J connectivity index is 1.49.